The van der Waals surface area contributed by atoms with E-state index in [9.17, 15) is 63.0 Å². The number of benzene rings is 2. The van der Waals surface area contributed by atoms with Crippen LogP contribution in [0.1, 0.15) is 0 Å². The van der Waals surface area contributed by atoms with E-state index in [0.29, 0.717) is 23.9 Å². The number of rotatable bonds is 9. The number of hydrogen-bond acceptors (Lipinski definition) is 6. The zero-order chi connectivity index (χ0) is 28.4. The third kappa shape index (κ3) is 7.50. The lowest BCUT2D eigenvalue weighted by molar-refractivity contribution is -0.388. The molecule has 0 radical (unpaired) electrons. The number of thioether (sulfide) groups is 2. The average Bonchev–Trinajstić information content (AvgIpc) is 2.75. The first-order valence-electron chi connectivity index (χ1n) is 9.07. The minimum Gasteiger partial charge on any atom is -0.325 e. The lowest BCUT2D eigenvalue weighted by atomic mass is 10.3. The molecule has 0 aliphatic rings. The SMILES string of the molecule is O=C(CSc1ccc(S(=O)C(F)(F)C(F)(F)C(F)(F)F)cc1[N+](=O)[O-])Nc1cccc(SC(F)(F)F)c1. The second kappa shape index (κ2) is 11.1. The number of carbonyl (C=O) groups excluding carboxylic acids is 1. The molecule has 2 aromatic carbocycles. The molecule has 0 fully saturated rings. The first kappa shape index (κ1) is 30.7. The summed E-state index contributed by atoms with van der Waals surface area (Å²) in [6.45, 7) is 0. The van der Waals surface area contributed by atoms with Gasteiger partial charge in [0.2, 0.25) is 5.91 Å². The predicted molar refractivity (Wildman–Crippen MR) is 113 cm³/mol. The summed E-state index contributed by atoms with van der Waals surface area (Å²) >= 11 is -0.0525. The zero-order valence-corrected chi connectivity index (χ0v) is 19.8. The number of carbonyl (C=O) groups is 1. The van der Waals surface area contributed by atoms with Crippen LogP contribution in [0.3, 0.4) is 0 Å². The van der Waals surface area contributed by atoms with Crippen molar-refractivity contribution in [3.63, 3.8) is 0 Å². The fraction of sp³-hybridized carbons (Fsp3) is 0.278. The van der Waals surface area contributed by atoms with Gasteiger partial charge in [-0.2, -0.15) is 43.9 Å². The van der Waals surface area contributed by atoms with Gasteiger partial charge in [0.05, 0.1) is 20.5 Å². The molecule has 19 heteroatoms. The van der Waals surface area contributed by atoms with E-state index in [0.717, 1.165) is 12.1 Å². The lowest BCUT2D eigenvalue weighted by Crippen LogP contribution is -2.54. The van der Waals surface area contributed by atoms with E-state index in [1.54, 1.807) is 0 Å². The smallest absolute Gasteiger partial charge is 0.325 e. The molecular weight excluding hydrogens is 594 g/mol. The number of nitrogens with zero attached hydrogens (tertiary/aromatic N) is 1. The van der Waals surface area contributed by atoms with Crippen molar-refractivity contribution < 1.29 is 57.8 Å². The number of hydrogen-bond donors (Lipinski definition) is 1. The molecule has 1 amide bonds. The molecule has 37 heavy (non-hydrogen) atoms. The highest BCUT2D eigenvalue weighted by atomic mass is 32.2. The van der Waals surface area contributed by atoms with Crippen LogP contribution in [0.2, 0.25) is 0 Å². The average molecular weight is 604 g/mol. The van der Waals surface area contributed by atoms with Gasteiger partial charge in [-0.3, -0.25) is 14.9 Å². The van der Waals surface area contributed by atoms with Gasteiger partial charge in [-0.25, -0.2) is 4.21 Å². The van der Waals surface area contributed by atoms with E-state index in [1.807, 2.05) is 0 Å². The topological polar surface area (TPSA) is 89.3 Å². The predicted octanol–water partition coefficient (Wildman–Crippen LogP) is 6.84. The summed E-state index contributed by atoms with van der Waals surface area (Å²) in [6.07, 6.45) is -6.77. The second-order valence-corrected chi connectivity index (χ2v) is 10.3. The minimum absolute atomic E-state index is 0.0621. The molecule has 0 spiro atoms. The molecule has 6 nitrogen and oxygen atoms in total. The van der Waals surface area contributed by atoms with E-state index in [-0.39, 0.29) is 16.6 Å². The van der Waals surface area contributed by atoms with Crippen LogP contribution in [0, 0.1) is 10.1 Å². The van der Waals surface area contributed by atoms with Crippen LogP contribution in [0.4, 0.5) is 55.3 Å². The van der Waals surface area contributed by atoms with Crippen molar-refractivity contribution in [3.8, 4) is 0 Å². The number of nitrogens with one attached hydrogen (secondary N) is 1. The zero-order valence-electron chi connectivity index (χ0n) is 17.3. The number of nitro groups is 1. The number of nitro benzene ring substituents is 1. The summed E-state index contributed by atoms with van der Waals surface area (Å²) in [6, 6.07) is 5.67. The van der Waals surface area contributed by atoms with Crippen LogP contribution in [0.15, 0.2) is 57.2 Å². The van der Waals surface area contributed by atoms with Gasteiger partial charge in [0, 0.05) is 16.6 Å². The van der Waals surface area contributed by atoms with E-state index in [2.05, 4.69) is 5.32 Å². The summed E-state index contributed by atoms with van der Waals surface area (Å²) in [5, 5.41) is 7.32. The van der Waals surface area contributed by atoms with Crippen molar-refractivity contribution in [3.05, 3.63) is 52.6 Å². The van der Waals surface area contributed by atoms with Crippen LogP contribution in [-0.2, 0) is 15.6 Å². The number of alkyl halides is 10. The van der Waals surface area contributed by atoms with Gasteiger partial charge in [0.1, 0.15) is 10.8 Å². The molecule has 0 aliphatic carbocycles. The Hall–Kier alpha value is -2.54. The van der Waals surface area contributed by atoms with Crippen LogP contribution in [0.25, 0.3) is 0 Å². The van der Waals surface area contributed by atoms with E-state index < -0.39 is 77.5 Å². The molecule has 1 atom stereocenters. The first-order chi connectivity index (χ1) is 16.8. The molecule has 0 saturated heterocycles. The van der Waals surface area contributed by atoms with Crippen molar-refractivity contribution in [2.24, 2.45) is 0 Å². The monoisotopic (exact) mass is 604 g/mol. The Bertz CT molecular complexity index is 1210. The Morgan fingerprint density at radius 3 is 2.14 bits per heavy atom. The van der Waals surface area contributed by atoms with Gasteiger partial charge in [-0.05, 0) is 42.1 Å². The number of amides is 1. The molecule has 1 N–H and O–H groups in total. The van der Waals surface area contributed by atoms with Gasteiger partial charge in [0.15, 0.2) is 0 Å². The van der Waals surface area contributed by atoms with Gasteiger partial charge in [0.25, 0.3) is 5.69 Å². The van der Waals surface area contributed by atoms with E-state index in [4.69, 9.17) is 0 Å². The fourth-order valence-electron chi connectivity index (χ4n) is 2.42. The quantitative estimate of drug-likeness (QED) is 0.146. The van der Waals surface area contributed by atoms with Crippen molar-refractivity contribution in [2.75, 3.05) is 11.1 Å². The Morgan fingerprint density at radius 2 is 1.59 bits per heavy atom. The first-order valence-corrected chi connectivity index (χ1v) is 12.0. The molecule has 2 rings (SSSR count). The molecule has 0 bridgehead atoms. The van der Waals surface area contributed by atoms with Gasteiger partial charge < -0.3 is 5.32 Å². The third-order valence-corrected chi connectivity index (χ3v) is 7.19. The van der Waals surface area contributed by atoms with Gasteiger partial charge in [-0.15, -0.1) is 11.8 Å². The molecule has 0 saturated carbocycles. The van der Waals surface area contributed by atoms with Crippen molar-refractivity contribution >= 4 is 51.6 Å². The standard InChI is InChI=1S/C18H10F10N2O4S3/c19-15(20,16(21,22)23)17(24,25)37(34)11-4-5-13(12(7-11)30(32)33)35-8-14(31)29-9-2-1-3-10(6-9)36-18(26,27)28/h1-7H,8H2,(H,29,31). The Morgan fingerprint density at radius 1 is 0.973 bits per heavy atom. The molecule has 0 aliphatic heterocycles. The minimum atomic E-state index is -6.77. The largest absolute Gasteiger partial charge is 0.461 e. The summed E-state index contributed by atoms with van der Waals surface area (Å²) in [5.41, 5.74) is -5.79. The van der Waals surface area contributed by atoms with Crippen molar-refractivity contribution in [1.82, 2.24) is 0 Å². The summed E-state index contributed by atoms with van der Waals surface area (Å²) in [5.74, 6) is -8.22. The molecule has 2 aromatic rings. The highest BCUT2D eigenvalue weighted by molar-refractivity contribution is 8.00. The molecular formula is C18H10F10N2O4S3. The Kier molecular flexibility index (Phi) is 9.17. The molecule has 0 heterocycles. The Balaban J connectivity index is 2.20. The summed E-state index contributed by atoms with van der Waals surface area (Å²) in [4.78, 5) is 20.0. The molecule has 0 aromatic heterocycles. The van der Waals surface area contributed by atoms with E-state index in [1.165, 1.54) is 12.1 Å². The van der Waals surface area contributed by atoms with E-state index >= 15 is 0 Å². The maximum Gasteiger partial charge on any atom is 0.461 e. The van der Waals surface area contributed by atoms with Crippen LogP contribution >= 0.6 is 23.5 Å². The molecule has 204 valence electrons. The normalized spacial score (nSPS) is 13.8. The number of halogens is 10. The van der Waals surface area contributed by atoms with Crippen molar-refractivity contribution in [2.45, 2.75) is 37.5 Å². The highest BCUT2D eigenvalue weighted by Gasteiger charge is 2.76. The fourth-order valence-corrected chi connectivity index (χ4v) is 4.88. The van der Waals surface area contributed by atoms with Crippen molar-refractivity contribution in [1.29, 1.82) is 0 Å². The second-order valence-electron chi connectivity index (χ2n) is 6.66. The Labute approximate surface area is 210 Å². The van der Waals surface area contributed by atoms with Crippen LogP contribution < -0.4 is 5.32 Å². The van der Waals surface area contributed by atoms with Gasteiger partial charge in [-0.1, -0.05) is 6.07 Å². The number of anilines is 1. The summed E-state index contributed by atoms with van der Waals surface area (Å²) < 4.78 is 140. The maximum absolute atomic E-state index is 13.7. The highest BCUT2D eigenvalue weighted by Crippen LogP contribution is 2.49. The van der Waals surface area contributed by atoms with Crippen LogP contribution in [0.5, 0.6) is 0 Å². The maximum atomic E-state index is 13.7. The lowest BCUT2D eigenvalue weighted by Gasteiger charge is -2.27. The summed E-state index contributed by atoms with van der Waals surface area (Å²) in [7, 11) is -4.37. The van der Waals surface area contributed by atoms with Gasteiger partial charge >= 0.3 is 22.9 Å². The third-order valence-electron chi connectivity index (χ3n) is 4.01. The van der Waals surface area contributed by atoms with Crippen LogP contribution in [-0.4, -0.2) is 43.7 Å². The molecule has 1 unspecified atom stereocenters.